The molecule has 0 fully saturated rings. The Kier molecular flexibility index (Phi) is 4.39. The number of aromatic nitrogens is 2. The molecule has 0 aliphatic carbocycles. The van der Waals surface area contributed by atoms with Crippen molar-refractivity contribution in [1.29, 1.82) is 0 Å². The topological polar surface area (TPSA) is 99.4 Å². The molecule has 1 heterocycles. The zero-order valence-corrected chi connectivity index (χ0v) is 11.9. The van der Waals surface area contributed by atoms with E-state index in [-0.39, 0.29) is 28.3 Å². The van der Waals surface area contributed by atoms with Gasteiger partial charge in [-0.2, -0.15) is 4.98 Å². The first-order chi connectivity index (χ1) is 10.0. The molecule has 0 aliphatic heterocycles. The highest BCUT2D eigenvalue weighted by Gasteiger charge is 2.19. The summed E-state index contributed by atoms with van der Waals surface area (Å²) in [6.45, 7) is 0. The van der Waals surface area contributed by atoms with Gasteiger partial charge in [-0.1, -0.05) is 11.6 Å². The summed E-state index contributed by atoms with van der Waals surface area (Å²) in [5.41, 5.74) is -0.255. The lowest BCUT2D eigenvalue weighted by atomic mass is 10.3. The predicted octanol–water partition coefficient (Wildman–Crippen LogP) is 2.88. The van der Waals surface area contributed by atoms with Crippen LogP contribution < -0.4 is 14.8 Å². The first-order valence-electron chi connectivity index (χ1n) is 5.75. The van der Waals surface area contributed by atoms with Gasteiger partial charge in [0.05, 0.1) is 24.3 Å². The Balaban J connectivity index is 2.41. The molecular weight excluding hydrogens is 300 g/mol. The summed E-state index contributed by atoms with van der Waals surface area (Å²) in [5.74, 6) is 0.650. The van der Waals surface area contributed by atoms with E-state index in [0.29, 0.717) is 5.75 Å². The van der Waals surface area contributed by atoms with Crippen LogP contribution in [0.25, 0.3) is 0 Å². The summed E-state index contributed by atoms with van der Waals surface area (Å²) in [6, 6.07) is 4.20. The molecule has 21 heavy (non-hydrogen) atoms. The highest BCUT2D eigenvalue weighted by atomic mass is 35.5. The van der Waals surface area contributed by atoms with Crippen LogP contribution in [0.15, 0.2) is 24.4 Å². The van der Waals surface area contributed by atoms with Gasteiger partial charge in [0.25, 0.3) is 0 Å². The second-order valence-corrected chi connectivity index (χ2v) is 4.20. The average Bonchev–Trinajstić information content (AvgIpc) is 2.49. The lowest BCUT2D eigenvalue weighted by Gasteiger charge is -2.09. The molecule has 9 heteroatoms. The van der Waals surface area contributed by atoms with Crippen molar-refractivity contribution in [1.82, 2.24) is 9.97 Å². The van der Waals surface area contributed by atoms with E-state index in [1.165, 1.54) is 31.5 Å². The smallest absolute Gasteiger partial charge is 0.315 e. The zero-order chi connectivity index (χ0) is 15.4. The fourth-order valence-corrected chi connectivity index (χ4v) is 1.63. The quantitative estimate of drug-likeness (QED) is 0.669. The molecule has 2 aromatic rings. The fraction of sp³-hybridized carbons (Fsp3) is 0.167. The Hall–Kier alpha value is -2.61. The van der Waals surface area contributed by atoms with E-state index in [9.17, 15) is 10.1 Å². The molecule has 1 aromatic carbocycles. The summed E-state index contributed by atoms with van der Waals surface area (Å²) in [7, 11) is 3.04. The summed E-state index contributed by atoms with van der Waals surface area (Å²) < 4.78 is 10.4. The Labute approximate surface area is 124 Å². The number of rotatable bonds is 5. The van der Waals surface area contributed by atoms with Gasteiger partial charge in [0, 0.05) is 7.05 Å². The molecule has 0 bridgehead atoms. The number of hydrogen-bond acceptors (Lipinski definition) is 7. The number of benzene rings is 1. The maximum absolute atomic E-state index is 11.1. The number of nitro benzene ring substituents is 1. The molecule has 0 unspecified atom stereocenters. The Morgan fingerprint density at radius 2 is 2.19 bits per heavy atom. The molecule has 8 nitrogen and oxygen atoms in total. The number of ether oxygens (including phenoxy) is 2. The first kappa shape index (κ1) is 14.8. The monoisotopic (exact) mass is 310 g/mol. The second kappa shape index (κ2) is 6.23. The van der Waals surface area contributed by atoms with E-state index < -0.39 is 4.92 Å². The molecule has 1 N–H and O–H groups in total. The number of methoxy groups -OCH3 is 1. The summed E-state index contributed by atoms with van der Waals surface area (Å²) in [4.78, 5) is 18.4. The number of halogens is 1. The Bertz CT molecular complexity index is 680. The van der Waals surface area contributed by atoms with Crippen LogP contribution in [-0.2, 0) is 0 Å². The largest absolute Gasteiger partial charge is 0.496 e. The van der Waals surface area contributed by atoms with Crippen molar-refractivity contribution in [3.63, 3.8) is 0 Å². The Morgan fingerprint density at radius 3 is 2.81 bits per heavy atom. The lowest BCUT2D eigenvalue weighted by Crippen LogP contribution is -2.00. The number of nitrogens with one attached hydrogen (secondary N) is 1. The third-order valence-electron chi connectivity index (χ3n) is 2.50. The van der Waals surface area contributed by atoms with Gasteiger partial charge < -0.3 is 14.8 Å². The standard InChI is InChI=1S/C12H11ClN4O4/c1-14-12-15-6-8(13)11(16-12)21-10-4-3-7(20-2)5-9(10)17(18)19/h3-6H,1-2H3,(H,14,15,16). The number of nitrogens with zero attached hydrogens (tertiary/aromatic N) is 3. The van der Waals surface area contributed by atoms with E-state index in [2.05, 4.69) is 15.3 Å². The molecular formula is C12H11ClN4O4. The molecule has 1 aromatic heterocycles. The molecule has 2 rings (SSSR count). The normalized spacial score (nSPS) is 10.0. The van der Waals surface area contributed by atoms with Crippen molar-refractivity contribution in [3.8, 4) is 17.4 Å². The highest BCUT2D eigenvalue weighted by molar-refractivity contribution is 6.31. The van der Waals surface area contributed by atoms with Crippen LogP contribution >= 0.6 is 11.6 Å². The van der Waals surface area contributed by atoms with Crippen LogP contribution in [0.3, 0.4) is 0 Å². The summed E-state index contributed by atoms with van der Waals surface area (Å²) >= 11 is 5.92. The minimum absolute atomic E-state index is 0.00320. The van der Waals surface area contributed by atoms with E-state index in [4.69, 9.17) is 21.1 Å². The van der Waals surface area contributed by atoms with E-state index in [0.717, 1.165) is 0 Å². The first-order valence-corrected chi connectivity index (χ1v) is 6.13. The third-order valence-corrected chi connectivity index (χ3v) is 2.76. The van der Waals surface area contributed by atoms with Gasteiger partial charge in [-0.05, 0) is 12.1 Å². The zero-order valence-electron chi connectivity index (χ0n) is 11.2. The molecule has 0 spiro atoms. The molecule has 0 amide bonds. The lowest BCUT2D eigenvalue weighted by molar-refractivity contribution is -0.385. The van der Waals surface area contributed by atoms with Crippen molar-refractivity contribution < 1.29 is 14.4 Å². The van der Waals surface area contributed by atoms with Gasteiger partial charge in [0.15, 0.2) is 0 Å². The van der Waals surface area contributed by atoms with E-state index >= 15 is 0 Å². The molecule has 0 atom stereocenters. The molecule has 0 saturated carbocycles. The van der Waals surface area contributed by atoms with Crippen LogP contribution in [0.5, 0.6) is 17.4 Å². The SMILES string of the molecule is CNc1ncc(Cl)c(Oc2ccc(OC)cc2[N+](=O)[O-])n1. The van der Waals surface area contributed by atoms with Crippen molar-refractivity contribution >= 4 is 23.2 Å². The molecule has 110 valence electrons. The van der Waals surface area contributed by atoms with Crippen LogP contribution in [0.2, 0.25) is 5.02 Å². The third kappa shape index (κ3) is 3.29. The minimum Gasteiger partial charge on any atom is -0.496 e. The number of hydrogen-bond donors (Lipinski definition) is 1. The molecule has 0 saturated heterocycles. The minimum atomic E-state index is -0.577. The fourth-order valence-electron chi connectivity index (χ4n) is 1.50. The van der Waals surface area contributed by atoms with E-state index in [1.54, 1.807) is 7.05 Å². The molecule has 0 aliphatic rings. The van der Waals surface area contributed by atoms with Gasteiger partial charge in [-0.15, -0.1) is 0 Å². The number of anilines is 1. The van der Waals surface area contributed by atoms with Crippen LogP contribution in [-0.4, -0.2) is 29.0 Å². The average molecular weight is 311 g/mol. The number of nitro groups is 1. The van der Waals surface area contributed by atoms with Crippen LogP contribution in [0, 0.1) is 10.1 Å². The maximum atomic E-state index is 11.1. The Morgan fingerprint density at radius 1 is 1.43 bits per heavy atom. The van der Waals surface area contributed by atoms with Crippen molar-refractivity contribution in [2.45, 2.75) is 0 Å². The maximum Gasteiger partial charge on any atom is 0.315 e. The second-order valence-electron chi connectivity index (χ2n) is 3.79. The van der Waals surface area contributed by atoms with Crippen LogP contribution in [0.4, 0.5) is 11.6 Å². The van der Waals surface area contributed by atoms with Crippen molar-refractivity contribution in [3.05, 3.63) is 39.5 Å². The summed E-state index contributed by atoms with van der Waals surface area (Å²) in [5, 5.41) is 13.9. The molecule has 0 radical (unpaired) electrons. The van der Waals surface area contributed by atoms with Gasteiger partial charge in [-0.3, -0.25) is 10.1 Å². The predicted molar refractivity (Wildman–Crippen MR) is 76.3 cm³/mol. The summed E-state index contributed by atoms with van der Waals surface area (Å²) in [6.07, 6.45) is 1.34. The van der Waals surface area contributed by atoms with Gasteiger partial charge in [-0.25, -0.2) is 4.98 Å². The van der Waals surface area contributed by atoms with E-state index in [1.807, 2.05) is 0 Å². The van der Waals surface area contributed by atoms with Crippen LogP contribution in [0.1, 0.15) is 0 Å². The van der Waals surface area contributed by atoms with Gasteiger partial charge in [0.1, 0.15) is 10.8 Å². The van der Waals surface area contributed by atoms with Gasteiger partial charge >= 0.3 is 5.69 Å². The highest BCUT2D eigenvalue weighted by Crippen LogP contribution is 2.36. The van der Waals surface area contributed by atoms with Gasteiger partial charge in [0.2, 0.25) is 17.6 Å². The van der Waals surface area contributed by atoms with Crippen molar-refractivity contribution in [2.24, 2.45) is 0 Å². The van der Waals surface area contributed by atoms with Crippen molar-refractivity contribution in [2.75, 3.05) is 19.5 Å².